The van der Waals surface area contributed by atoms with Gasteiger partial charge in [-0.15, -0.1) is 0 Å². The number of carboxylic acid groups (broad SMARTS) is 1. The highest BCUT2D eigenvalue weighted by atomic mass is 19.3. The maximum atomic E-state index is 12.1. The fourth-order valence-corrected chi connectivity index (χ4v) is 0.423. The van der Waals surface area contributed by atoms with Gasteiger partial charge in [-0.3, -0.25) is 0 Å². The lowest BCUT2D eigenvalue weighted by Gasteiger charge is -2.05. The topological polar surface area (TPSA) is 46.5 Å². The van der Waals surface area contributed by atoms with E-state index < -0.39 is 31.8 Å². The van der Waals surface area contributed by atoms with Crippen molar-refractivity contribution in [3.05, 3.63) is 0 Å². The molecule has 1 atom stereocenters. The van der Waals surface area contributed by atoms with E-state index in [0.29, 0.717) is 0 Å². The van der Waals surface area contributed by atoms with Crippen LogP contribution >= 0.6 is 0 Å². The second kappa shape index (κ2) is 4.81. The van der Waals surface area contributed by atoms with E-state index in [0.717, 1.165) is 0 Å². The number of ether oxygens (including phenoxy) is 1. The first-order chi connectivity index (χ1) is 5.02. The predicted octanol–water partition coefficient (Wildman–Crippen LogP) is 1.67. The molecule has 0 fully saturated rings. The molecule has 3 nitrogen and oxygen atoms in total. The van der Waals surface area contributed by atoms with Gasteiger partial charge < -0.3 is 9.84 Å². The van der Waals surface area contributed by atoms with Crippen molar-refractivity contribution < 1.29 is 27.8 Å². The average molecular weight is 172 g/mol. The molecule has 0 heterocycles. The van der Waals surface area contributed by atoms with Crippen molar-refractivity contribution >= 4 is 6.16 Å². The van der Waals surface area contributed by atoms with Gasteiger partial charge in [0.2, 0.25) is 6.43 Å². The Balaban J connectivity index is 3.37. The zero-order valence-electron chi connectivity index (χ0n) is 5.47. The van der Waals surface area contributed by atoms with Crippen LogP contribution in [0.5, 0.6) is 0 Å². The first-order valence-electron chi connectivity index (χ1n) is 2.80. The van der Waals surface area contributed by atoms with Crippen LogP contribution in [-0.2, 0) is 4.74 Å². The summed E-state index contributed by atoms with van der Waals surface area (Å²) in [4.78, 5) is 9.61. The molecule has 6 heteroatoms. The maximum Gasteiger partial charge on any atom is 0.505 e. The van der Waals surface area contributed by atoms with E-state index in [4.69, 9.17) is 5.11 Å². The van der Waals surface area contributed by atoms with E-state index in [1.165, 1.54) is 0 Å². The van der Waals surface area contributed by atoms with E-state index in [2.05, 4.69) is 4.74 Å². The van der Waals surface area contributed by atoms with Crippen molar-refractivity contribution in [2.45, 2.75) is 19.0 Å². The van der Waals surface area contributed by atoms with Gasteiger partial charge in [0.05, 0.1) is 0 Å². The van der Waals surface area contributed by atoms with Crippen LogP contribution in [0.2, 0.25) is 0 Å². The molecule has 0 aromatic rings. The molecule has 1 N–H and O–H groups in total. The highest BCUT2D eigenvalue weighted by Gasteiger charge is 2.15. The number of alkyl halides is 3. The molecule has 0 aromatic carbocycles. The summed E-state index contributed by atoms with van der Waals surface area (Å²) in [6, 6.07) is 0. The van der Waals surface area contributed by atoms with Crippen LogP contribution in [-0.4, -0.2) is 30.5 Å². The van der Waals surface area contributed by atoms with Crippen LogP contribution in [0.3, 0.4) is 0 Å². The van der Waals surface area contributed by atoms with E-state index in [1.807, 2.05) is 0 Å². The molecule has 66 valence electrons. The Morgan fingerprint density at radius 3 is 2.36 bits per heavy atom. The molecule has 0 aromatic heterocycles. The van der Waals surface area contributed by atoms with Crippen LogP contribution in [0.15, 0.2) is 0 Å². The van der Waals surface area contributed by atoms with Crippen molar-refractivity contribution in [3.8, 4) is 0 Å². The standard InChI is InChI=1S/C5H7F3O3/c6-3(1-4(7)8)2-11-5(9)10/h3-4H,1-2H2,(H,9,10). The lowest BCUT2D eigenvalue weighted by Crippen LogP contribution is -2.16. The van der Waals surface area contributed by atoms with E-state index in [9.17, 15) is 18.0 Å². The Labute approximate surface area is 60.8 Å². The Kier molecular flexibility index (Phi) is 4.40. The van der Waals surface area contributed by atoms with Gasteiger partial charge in [-0.2, -0.15) is 0 Å². The van der Waals surface area contributed by atoms with Gasteiger partial charge in [0.15, 0.2) is 0 Å². The fourth-order valence-electron chi connectivity index (χ4n) is 0.423. The molecule has 0 aliphatic carbocycles. The first-order valence-corrected chi connectivity index (χ1v) is 2.80. The molecule has 0 amide bonds. The van der Waals surface area contributed by atoms with Crippen LogP contribution in [0.1, 0.15) is 6.42 Å². The Morgan fingerprint density at radius 2 is 2.00 bits per heavy atom. The lowest BCUT2D eigenvalue weighted by molar-refractivity contribution is 0.0405. The van der Waals surface area contributed by atoms with Gasteiger partial charge in [-0.05, 0) is 0 Å². The van der Waals surface area contributed by atoms with Crippen LogP contribution in [0, 0.1) is 0 Å². The smallest absolute Gasteiger partial charge is 0.450 e. The van der Waals surface area contributed by atoms with Gasteiger partial charge >= 0.3 is 6.16 Å². The van der Waals surface area contributed by atoms with Gasteiger partial charge in [0.25, 0.3) is 0 Å². The third-order valence-corrected chi connectivity index (χ3v) is 0.822. The van der Waals surface area contributed by atoms with E-state index in [-0.39, 0.29) is 0 Å². The predicted molar refractivity (Wildman–Crippen MR) is 29.5 cm³/mol. The summed E-state index contributed by atoms with van der Waals surface area (Å²) in [5.74, 6) is 0. The maximum absolute atomic E-state index is 12.1. The molecule has 0 rings (SSSR count). The molecule has 0 aliphatic rings. The fraction of sp³-hybridized carbons (Fsp3) is 0.800. The molecule has 0 spiro atoms. The van der Waals surface area contributed by atoms with Crippen molar-refractivity contribution in [2.24, 2.45) is 0 Å². The van der Waals surface area contributed by atoms with Crippen molar-refractivity contribution in [1.29, 1.82) is 0 Å². The highest BCUT2D eigenvalue weighted by molar-refractivity contribution is 5.56. The summed E-state index contributed by atoms with van der Waals surface area (Å²) in [5, 5.41) is 7.82. The molecule has 0 saturated carbocycles. The third kappa shape index (κ3) is 6.95. The van der Waals surface area contributed by atoms with Crippen molar-refractivity contribution in [1.82, 2.24) is 0 Å². The zero-order valence-corrected chi connectivity index (χ0v) is 5.47. The van der Waals surface area contributed by atoms with Crippen LogP contribution < -0.4 is 0 Å². The largest absolute Gasteiger partial charge is 0.505 e. The van der Waals surface area contributed by atoms with E-state index >= 15 is 0 Å². The monoisotopic (exact) mass is 172 g/mol. The quantitative estimate of drug-likeness (QED) is 0.656. The minimum atomic E-state index is -2.78. The number of hydrogen-bond donors (Lipinski definition) is 1. The van der Waals surface area contributed by atoms with Gasteiger partial charge in [-0.1, -0.05) is 0 Å². The normalized spacial score (nSPS) is 13.1. The Morgan fingerprint density at radius 1 is 1.45 bits per heavy atom. The summed E-state index contributed by atoms with van der Waals surface area (Å²) in [6.45, 7) is -0.834. The molecular formula is C5H7F3O3. The van der Waals surface area contributed by atoms with Gasteiger partial charge in [0.1, 0.15) is 12.8 Å². The van der Waals surface area contributed by atoms with Crippen LogP contribution in [0.25, 0.3) is 0 Å². The molecule has 0 aliphatic heterocycles. The lowest BCUT2D eigenvalue weighted by atomic mass is 10.3. The minimum Gasteiger partial charge on any atom is -0.450 e. The highest BCUT2D eigenvalue weighted by Crippen LogP contribution is 2.07. The zero-order chi connectivity index (χ0) is 8.85. The summed E-state index contributed by atoms with van der Waals surface area (Å²) in [6.07, 6.45) is -7.36. The molecule has 0 saturated heterocycles. The van der Waals surface area contributed by atoms with E-state index in [1.54, 1.807) is 0 Å². The average Bonchev–Trinajstić information content (AvgIpc) is 1.82. The number of hydrogen-bond acceptors (Lipinski definition) is 2. The summed E-state index contributed by atoms with van der Waals surface area (Å²) in [7, 11) is 0. The number of rotatable bonds is 4. The minimum absolute atomic E-state index is 0.834. The molecule has 1 unspecified atom stereocenters. The molecule has 11 heavy (non-hydrogen) atoms. The Bertz CT molecular complexity index is 128. The second-order valence-electron chi connectivity index (χ2n) is 1.80. The number of halogens is 3. The Hall–Kier alpha value is -0.940. The molecule has 0 radical (unpaired) electrons. The molecule has 0 bridgehead atoms. The number of carbonyl (C=O) groups is 1. The van der Waals surface area contributed by atoms with Crippen LogP contribution in [0.4, 0.5) is 18.0 Å². The summed E-state index contributed by atoms with van der Waals surface area (Å²) >= 11 is 0. The summed E-state index contributed by atoms with van der Waals surface area (Å²) < 4.78 is 38.6. The van der Waals surface area contributed by atoms with Crippen molar-refractivity contribution in [3.63, 3.8) is 0 Å². The summed E-state index contributed by atoms with van der Waals surface area (Å²) in [5.41, 5.74) is 0. The van der Waals surface area contributed by atoms with Gasteiger partial charge in [-0.25, -0.2) is 18.0 Å². The van der Waals surface area contributed by atoms with Gasteiger partial charge in [0, 0.05) is 6.42 Å². The SMILES string of the molecule is O=C(O)OCC(F)CC(F)F. The molecular weight excluding hydrogens is 165 g/mol. The first kappa shape index (κ1) is 10.1. The second-order valence-corrected chi connectivity index (χ2v) is 1.80. The van der Waals surface area contributed by atoms with Crippen molar-refractivity contribution in [2.75, 3.05) is 6.61 Å². The third-order valence-electron chi connectivity index (χ3n) is 0.822.